The first kappa shape index (κ1) is 35.0. The van der Waals surface area contributed by atoms with Crippen LogP contribution in [0.3, 0.4) is 0 Å². The number of hydrogen-bond acceptors (Lipinski definition) is 3. The van der Waals surface area contributed by atoms with E-state index in [1.54, 1.807) is 0 Å². The van der Waals surface area contributed by atoms with Crippen LogP contribution in [-0.4, -0.2) is 15.1 Å². The Morgan fingerprint density at radius 3 is 1.90 bits per heavy atom. The molecule has 10 aromatic rings. The lowest BCUT2D eigenvalue weighted by Crippen LogP contribution is -2.35. The average molecular weight is 782 g/mol. The first-order chi connectivity index (χ1) is 29.9. The summed E-state index contributed by atoms with van der Waals surface area (Å²) >= 11 is 0. The molecular weight excluding hydrogens is 743 g/mol. The average Bonchev–Trinajstić information content (AvgIpc) is 3.91. The molecule has 0 radical (unpaired) electrons. The van der Waals surface area contributed by atoms with Gasteiger partial charge in [0.2, 0.25) is 5.96 Å². The summed E-state index contributed by atoms with van der Waals surface area (Å²) in [7, 11) is 0. The van der Waals surface area contributed by atoms with Crippen molar-refractivity contribution in [2.75, 3.05) is 0 Å². The summed E-state index contributed by atoms with van der Waals surface area (Å²) in [5.74, 6) is 0.776. The van der Waals surface area contributed by atoms with Gasteiger partial charge in [0.05, 0.1) is 45.4 Å². The minimum absolute atomic E-state index is 0.161. The Kier molecular flexibility index (Phi) is 7.63. The number of fused-ring (bicyclic) bond motifs is 9. The van der Waals surface area contributed by atoms with Crippen molar-refractivity contribution in [3.63, 3.8) is 0 Å². The smallest absolute Gasteiger partial charge is 0.209 e. The number of rotatable bonds is 4. The van der Waals surface area contributed by atoms with Crippen molar-refractivity contribution in [3.8, 4) is 34.0 Å². The molecular formula is C56H39N5. The van der Waals surface area contributed by atoms with Crippen LogP contribution in [0.2, 0.25) is 0 Å². The standard InChI is InChI=1S/C56H39N5/c1-56(2)47-29-35(34-57)21-25-41(47)42-26-23-39(31-48(42)56)50-33-49(36-13-5-3-6-14-36)58-55(59-50)61-52-20-12-9-17-43(52)45-27-22-38(32-54(45)61)37-24-28-53-46(30-37)44-18-10-11-19-51(44)60(53)40-15-7-4-8-16-40/h3-33,50H,1-2H3,(H,58,59). The minimum atomic E-state index is -0.256. The van der Waals surface area contributed by atoms with Crippen molar-refractivity contribution < 1.29 is 0 Å². The number of aromatic nitrogens is 2. The highest BCUT2D eigenvalue weighted by atomic mass is 15.2. The number of nitrogens with one attached hydrogen (secondary N) is 1. The van der Waals surface area contributed by atoms with Gasteiger partial charge in [-0.05, 0) is 99.6 Å². The molecule has 0 fully saturated rings. The van der Waals surface area contributed by atoms with Crippen molar-refractivity contribution in [2.45, 2.75) is 25.3 Å². The number of nitriles is 1. The lowest BCUT2D eigenvalue weighted by molar-refractivity contribution is 0.656. The first-order valence-corrected chi connectivity index (χ1v) is 20.9. The summed E-state index contributed by atoms with van der Waals surface area (Å²) in [4.78, 5) is 5.43. The van der Waals surface area contributed by atoms with Crippen molar-refractivity contribution in [3.05, 3.63) is 216 Å². The van der Waals surface area contributed by atoms with Crippen molar-refractivity contribution in [1.29, 1.82) is 5.26 Å². The third-order valence-electron chi connectivity index (χ3n) is 13.0. The van der Waals surface area contributed by atoms with Gasteiger partial charge in [0, 0.05) is 38.2 Å². The van der Waals surface area contributed by atoms with Crippen LogP contribution in [0.5, 0.6) is 0 Å². The maximum atomic E-state index is 9.73. The molecule has 0 saturated heterocycles. The lowest BCUT2D eigenvalue weighted by atomic mass is 9.81. The predicted octanol–water partition coefficient (Wildman–Crippen LogP) is 13.3. The van der Waals surface area contributed by atoms with Crippen LogP contribution >= 0.6 is 0 Å². The molecule has 0 bridgehead atoms. The Hall–Kier alpha value is -7.94. The highest BCUT2D eigenvalue weighted by Gasteiger charge is 2.36. The van der Waals surface area contributed by atoms with E-state index < -0.39 is 0 Å². The van der Waals surface area contributed by atoms with E-state index >= 15 is 0 Å². The SMILES string of the molecule is CC1(C)c2cc(C#N)ccc2-c2ccc(C3C=C(c4ccccc4)N=C(n4c5ccccc5c5ccc(-c6ccc7c(c6)c6ccccc6n7-c6ccccc6)cc54)N3)cc21. The number of nitrogens with zero attached hydrogens (tertiary/aromatic N) is 4. The largest absolute Gasteiger partial charge is 0.345 e. The van der Waals surface area contributed by atoms with Crippen LogP contribution < -0.4 is 5.32 Å². The van der Waals surface area contributed by atoms with E-state index in [1.165, 1.54) is 54.8 Å². The zero-order valence-electron chi connectivity index (χ0n) is 33.8. The molecule has 8 aromatic carbocycles. The summed E-state index contributed by atoms with van der Waals surface area (Å²) in [5, 5.41) is 18.5. The Balaban J connectivity index is 1.01. The molecule has 5 heteroatoms. The van der Waals surface area contributed by atoms with Crippen LogP contribution in [0.1, 0.15) is 47.7 Å². The van der Waals surface area contributed by atoms with E-state index in [2.05, 4.69) is 216 Å². The van der Waals surface area contributed by atoms with Gasteiger partial charge in [0.25, 0.3) is 0 Å². The number of para-hydroxylation sites is 3. The molecule has 1 N–H and O–H groups in total. The Labute approximate surface area is 353 Å². The summed E-state index contributed by atoms with van der Waals surface area (Å²) in [6.07, 6.45) is 2.25. The molecule has 288 valence electrons. The normalized spacial score (nSPS) is 15.3. The van der Waals surface area contributed by atoms with Gasteiger partial charge in [0.15, 0.2) is 0 Å². The van der Waals surface area contributed by atoms with Gasteiger partial charge in [0.1, 0.15) is 0 Å². The fourth-order valence-corrected chi connectivity index (χ4v) is 9.99. The molecule has 0 saturated carbocycles. The Morgan fingerprint density at radius 2 is 1.13 bits per heavy atom. The maximum absolute atomic E-state index is 9.73. The van der Waals surface area contributed by atoms with E-state index in [-0.39, 0.29) is 11.5 Å². The quantitative estimate of drug-likeness (QED) is 0.193. The van der Waals surface area contributed by atoms with Gasteiger partial charge >= 0.3 is 0 Å². The highest BCUT2D eigenvalue weighted by molar-refractivity contribution is 6.16. The zero-order chi connectivity index (χ0) is 40.8. The van der Waals surface area contributed by atoms with Crippen LogP contribution in [0.4, 0.5) is 0 Å². The first-order valence-electron chi connectivity index (χ1n) is 20.9. The molecule has 2 aliphatic rings. The monoisotopic (exact) mass is 781 g/mol. The van der Waals surface area contributed by atoms with Gasteiger partial charge in [-0.15, -0.1) is 0 Å². The second-order valence-corrected chi connectivity index (χ2v) is 16.8. The Bertz CT molecular complexity index is 3540. The van der Waals surface area contributed by atoms with Crippen LogP contribution in [0.15, 0.2) is 193 Å². The molecule has 2 aromatic heterocycles. The molecule has 12 rings (SSSR count). The van der Waals surface area contributed by atoms with Crippen LogP contribution in [-0.2, 0) is 5.41 Å². The highest BCUT2D eigenvalue weighted by Crippen LogP contribution is 2.50. The molecule has 61 heavy (non-hydrogen) atoms. The number of aliphatic imine (C=N–C) groups is 1. The van der Waals surface area contributed by atoms with Gasteiger partial charge in [-0.1, -0.05) is 141 Å². The van der Waals surface area contributed by atoms with Crippen molar-refractivity contribution >= 4 is 55.3 Å². The summed E-state index contributed by atoms with van der Waals surface area (Å²) in [6, 6.07) is 67.3. The molecule has 3 heterocycles. The van der Waals surface area contributed by atoms with E-state index in [9.17, 15) is 5.26 Å². The fraction of sp³-hybridized carbons (Fsp3) is 0.0714. The second kappa shape index (κ2) is 13.3. The van der Waals surface area contributed by atoms with Gasteiger partial charge in [-0.3, -0.25) is 4.57 Å². The molecule has 0 spiro atoms. The fourth-order valence-electron chi connectivity index (χ4n) is 9.99. The topological polar surface area (TPSA) is 58.0 Å². The zero-order valence-corrected chi connectivity index (χ0v) is 33.8. The minimum Gasteiger partial charge on any atom is -0.345 e. The van der Waals surface area contributed by atoms with E-state index in [0.29, 0.717) is 5.56 Å². The summed E-state index contributed by atoms with van der Waals surface area (Å²) in [5.41, 5.74) is 16.5. The maximum Gasteiger partial charge on any atom is 0.209 e. The van der Waals surface area contributed by atoms with Crippen molar-refractivity contribution in [2.24, 2.45) is 4.99 Å². The van der Waals surface area contributed by atoms with Gasteiger partial charge < -0.3 is 9.88 Å². The van der Waals surface area contributed by atoms with Crippen LogP contribution in [0.25, 0.3) is 77.2 Å². The second-order valence-electron chi connectivity index (χ2n) is 16.8. The molecule has 1 aliphatic carbocycles. The van der Waals surface area contributed by atoms with Gasteiger partial charge in [-0.2, -0.15) is 5.26 Å². The Morgan fingerprint density at radius 1 is 0.525 bits per heavy atom. The van der Waals surface area contributed by atoms with E-state index in [4.69, 9.17) is 4.99 Å². The molecule has 1 unspecified atom stereocenters. The molecule has 0 amide bonds. The molecule has 1 aliphatic heterocycles. The third-order valence-corrected chi connectivity index (χ3v) is 13.0. The van der Waals surface area contributed by atoms with E-state index in [1.807, 2.05) is 6.07 Å². The molecule has 5 nitrogen and oxygen atoms in total. The lowest BCUT2D eigenvalue weighted by Gasteiger charge is -2.27. The predicted molar refractivity (Wildman–Crippen MR) is 251 cm³/mol. The number of benzene rings is 8. The number of hydrogen-bond donors (Lipinski definition) is 1. The van der Waals surface area contributed by atoms with E-state index in [0.717, 1.165) is 50.6 Å². The summed E-state index contributed by atoms with van der Waals surface area (Å²) < 4.78 is 4.68. The van der Waals surface area contributed by atoms with Crippen molar-refractivity contribution in [1.82, 2.24) is 14.5 Å². The molecule has 1 atom stereocenters. The third kappa shape index (κ3) is 5.36. The van der Waals surface area contributed by atoms with Gasteiger partial charge in [-0.25, -0.2) is 4.99 Å². The van der Waals surface area contributed by atoms with Crippen LogP contribution in [0, 0.1) is 11.3 Å². The summed E-state index contributed by atoms with van der Waals surface area (Å²) in [6.45, 7) is 4.54.